The van der Waals surface area contributed by atoms with Gasteiger partial charge in [-0.05, 0) is 43.0 Å². The zero-order valence-corrected chi connectivity index (χ0v) is 10.7. The Morgan fingerprint density at radius 3 is 2.72 bits per heavy atom. The molecule has 98 valence electrons. The van der Waals surface area contributed by atoms with Crippen LogP contribution in [0.1, 0.15) is 30.1 Å². The van der Waals surface area contributed by atoms with E-state index >= 15 is 0 Å². The van der Waals surface area contributed by atoms with Crippen molar-refractivity contribution < 1.29 is 9.90 Å². The molecule has 1 aromatic rings. The molecule has 18 heavy (non-hydrogen) atoms. The summed E-state index contributed by atoms with van der Waals surface area (Å²) in [5.74, 6) is 0.814. The van der Waals surface area contributed by atoms with Crippen molar-refractivity contribution in [2.75, 3.05) is 13.1 Å². The molecule has 0 aliphatic carbocycles. The summed E-state index contributed by atoms with van der Waals surface area (Å²) in [6.45, 7) is 3.47. The number of phenolic OH excluding ortho intramolecular Hbond substituents is 1. The lowest BCUT2D eigenvalue weighted by molar-refractivity contribution is 0.0573. The number of benzene rings is 1. The van der Waals surface area contributed by atoms with Crippen molar-refractivity contribution in [1.82, 2.24) is 4.90 Å². The number of nitrogens with zero attached hydrogens (tertiary/aromatic N) is 1. The lowest BCUT2D eigenvalue weighted by Gasteiger charge is -2.38. The maximum atomic E-state index is 12.4. The highest BCUT2D eigenvalue weighted by Gasteiger charge is 2.29. The summed E-state index contributed by atoms with van der Waals surface area (Å²) in [5.41, 5.74) is 6.37. The molecule has 2 unspecified atom stereocenters. The quantitative estimate of drug-likeness (QED) is 0.835. The molecule has 2 atom stereocenters. The fraction of sp³-hybridized carbons (Fsp3) is 0.500. The number of aromatic hydroxyl groups is 1. The van der Waals surface area contributed by atoms with Crippen LogP contribution in [0.3, 0.4) is 0 Å². The second kappa shape index (κ2) is 5.40. The van der Waals surface area contributed by atoms with Crippen LogP contribution in [0, 0.1) is 5.92 Å². The maximum Gasteiger partial charge on any atom is 0.254 e. The molecule has 1 aliphatic heterocycles. The van der Waals surface area contributed by atoms with Gasteiger partial charge in [0.15, 0.2) is 0 Å². The number of likely N-dealkylation sites (tertiary alicyclic amines) is 1. The van der Waals surface area contributed by atoms with Gasteiger partial charge in [0, 0.05) is 24.7 Å². The summed E-state index contributed by atoms with van der Waals surface area (Å²) in [6.07, 6.45) is 2.00. The first kappa shape index (κ1) is 12.9. The van der Waals surface area contributed by atoms with Gasteiger partial charge < -0.3 is 15.7 Å². The molecule has 2 rings (SSSR count). The van der Waals surface area contributed by atoms with E-state index in [1.807, 2.05) is 4.90 Å². The van der Waals surface area contributed by atoms with Crippen LogP contribution in [0.25, 0.3) is 0 Å². The molecule has 4 nitrogen and oxygen atoms in total. The number of phenols is 1. The Labute approximate surface area is 107 Å². The van der Waals surface area contributed by atoms with Gasteiger partial charge in [-0.3, -0.25) is 4.79 Å². The van der Waals surface area contributed by atoms with Crippen LogP contribution in [0.4, 0.5) is 0 Å². The van der Waals surface area contributed by atoms with Crippen molar-refractivity contribution in [3.05, 3.63) is 29.8 Å². The average molecular weight is 248 g/mol. The number of carbonyl (C=O) groups is 1. The van der Waals surface area contributed by atoms with Gasteiger partial charge in [-0.25, -0.2) is 0 Å². The van der Waals surface area contributed by atoms with Gasteiger partial charge in [-0.2, -0.15) is 0 Å². The van der Waals surface area contributed by atoms with Crippen molar-refractivity contribution >= 4 is 5.91 Å². The summed E-state index contributed by atoms with van der Waals surface area (Å²) < 4.78 is 0. The Morgan fingerprint density at radius 1 is 1.44 bits per heavy atom. The van der Waals surface area contributed by atoms with E-state index in [2.05, 4.69) is 6.92 Å². The molecule has 1 aromatic carbocycles. The minimum atomic E-state index is 0.0114. The number of nitrogens with two attached hydrogens (primary N) is 1. The number of hydrogen-bond acceptors (Lipinski definition) is 3. The number of hydrogen-bond donors (Lipinski definition) is 2. The van der Waals surface area contributed by atoms with E-state index in [4.69, 9.17) is 5.73 Å². The van der Waals surface area contributed by atoms with E-state index < -0.39 is 0 Å². The molecular weight excluding hydrogens is 228 g/mol. The molecule has 1 amide bonds. The predicted octanol–water partition coefficient (Wildman–Crippen LogP) is 1.59. The molecule has 0 bridgehead atoms. The van der Waals surface area contributed by atoms with Gasteiger partial charge in [0.25, 0.3) is 5.91 Å². The highest BCUT2D eigenvalue weighted by atomic mass is 16.3. The molecule has 0 spiro atoms. The first-order valence-corrected chi connectivity index (χ1v) is 6.42. The summed E-state index contributed by atoms with van der Waals surface area (Å²) >= 11 is 0. The fourth-order valence-electron chi connectivity index (χ4n) is 2.51. The topological polar surface area (TPSA) is 66.6 Å². The smallest absolute Gasteiger partial charge is 0.254 e. The number of piperidine rings is 1. The maximum absolute atomic E-state index is 12.4. The molecule has 1 fully saturated rings. The molecular formula is C14H20N2O2. The Kier molecular flexibility index (Phi) is 3.87. The van der Waals surface area contributed by atoms with Gasteiger partial charge in [0.05, 0.1) is 0 Å². The molecule has 4 heteroatoms. The minimum Gasteiger partial charge on any atom is -0.508 e. The molecule has 1 aliphatic rings. The molecule has 3 N–H and O–H groups in total. The molecule has 0 radical (unpaired) electrons. The van der Waals surface area contributed by atoms with Crippen LogP contribution in [0.2, 0.25) is 0 Å². The van der Waals surface area contributed by atoms with E-state index in [1.165, 1.54) is 12.1 Å². The van der Waals surface area contributed by atoms with Crippen LogP contribution in [0.5, 0.6) is 5.75 Å². The highest BCUT2D eigenvalue weighted by Crippen LogP contribution is 2.24. The second-order valence-electron chi connectivity index (χ2n) is 5.06. The minimum absolute atomic E-state index is 0.0114. The third-order valence-corrected chi connectivity index (χ3v) is 3.63. The SMILES string of the molecule is CC1CCN(C(=O)c2ccc(O)cc2)C(CN)C1. The van der Waals surface area contributed by atoms with E-state index in [-0.39, 0.29) is 17.7 Å². The largest absolute Gasteiger partial charge is 0.508 e. The van der Waals surface area contributed by atoms with Crippen molar-refractivity contribution in [3.63, 3.8) is 0 Å². The zero-order valence-electron chi connectivity index (χ0n) is 10.7. The Balaban J connectivity index is 2.14. The average Bonchev–Trinajstić information content (AvgIpc) is 2.38. The Morgan fingerprint density at radius 2 is 2.11 bits per heavy atom. The van der Waals surface area contributed by atoms with E-state index in [9.17, 15) is 9.90 Å². The lowest BCUT2D eigenvalue weighted by Crippen LogP contribution is -2.49. The lowest BCUT2D eigenvalue weighted by atomic mass is 9.92. The molecule has 1 saturated heterocycles. The van der Waals surface area contributed by atoms with Gasteiger partial charge in [0.2, 0.25) is 0 Å². The normalized spacial score (nSPS) is 24.0. The standard InChI is InChI=1S/C14H20N2O2/c1-10-6-7-16(12(8-10)9-15)14(18)11-2-4-13(17)5-3-11/h2-5,10,12,17H,6-9,15H2,1H3. The summed E-state index contributed by atoms with van der Waals surface area (Å²) in [4.78, 5) is 14.2. The Hall–Kier alpha value is -1.55. The van der Waals surface area contributed by atoms with Gasteiger partial charge >= 0.3 is 0 Å². The Bertz CT molecular complexity index is 416. The van der Waals surface area contributed by atoms with Crippen LogP contribution in [0.15, 0.2) is 24.3 Å². The van der Waals surface area contributed by atoms with Gasteiger partial charge in [-0.15, -0.1) is 0 Å². The fourth-order valence-corrected chi connectivity index (χ4v) is 2.51. The van der Waals surface area contributed by atoms with Gasteiger partial charge in [0.1, 0.15) is 5.75 Å². The zero-order chi connectivity index (χ0) is 13.1. The van der Waals surface area contributed by atoms with Crippen LogP contribution in [-0.2, 0) is 0 Å². The van der Waals surface area contributed by atoms with Crippen molar-refractivity contribution in [3.8, 4) is 5.75 Å². The van der Waals surface area contributed by atoms with Gasteiger partial charge in [-0.1, -0.05) is 6.92 Å². The van der Waals surface area contributed by atoms with E-state index in [0.29, 0.717) is 18.0 Å². The van der Waals surface area contributed by atoms with E-state index in [1.54, 1.807) is 12.1 Å². The monoisotopic (exact) mass is 248 g/mol. The first-order chi connectivity index (χ1) is 8.61. The molecule has 0 aromatic heterocycles. The van der Waals surface area contributed by atoms with Crippen molar-refractivity contribution in [2.45, 2.75) is 25.8 Å². The molecule has 0 saturated carbocycles. The van der Waals surface area contributed by atoms with Crippen LogP contribution < -0.4 is 5.73 Å². The number of carbonyl (C=O) groups excluding carboxylic acids is 1. The van der Waals surface area contributed by atoms with Crippen LogP contribution >= 0.6 is 0 Å². The number of amides is 1. The third-order valence-electron chi connectivity index (χ3n) is 3.63. The summed E-state index contributed by atoms with van der Waals surface area (Å²) in [7, 11) is 0. The predicted molar refractivity (Wildman–Crippen MR) is 70.4 cm³/mol. The van der Waals surface area contributed by atoms with Crippen molar-refractivity contribution in [1.29, 1.82) is 0 Å². The first-order valence-electron chi connectivity index (χ1n) is 6.42. The van der Waals surface area contributed by atoms with E-state index in [0.717, 1.165) is 19.4 Å². The molecule has 1 heterocycles. The highest BCUT2D eigenvalue weighted by molar-refractivity contribution is 5.94. The third kappa shape index (κ3) is 2.64. The number of rotatable bonds is 2. The van der Waals surface area contributed by atoms with Crippen LogP contribution in [-0.4, -0.2) is 35.0 Å². The summed E-state index contributed by atoms with van der Waals surface area (Å²) in [6, 6.07) is 6.52. The van der Waals surface area contributed by atoms with Crippen molar-refractivity contribution in [2.24, 2.45) is 11.7 Å². The second-order valence-corrected chi connectivity index (χ2v) is 5.06. The summed E-state index contributed by atoms with van der Waals surface area (Å²) in [5, 5.41) is 9.24.